The van der Waals surface area contributed by atoms with Gasteiger partial charge in [-0.2, -0.15) is 15.6 Å². The van der Waals surface area contributed by atoms with Gasteiger partial charge in [0.2, 0.25) is 0 Å². The first kappa shape index (κ1) is 24.9. The number of hydrogen-bond donors (Lipinski definition) is 0. The van der Waals surface area contributed by atoms with Crippen molar-refractivity contribution in [3.05, 3.63) is 84.4 Å². The minimum Gasteiger partial charge on any atom is -0.467 e. The van der Waals surface area contributed by atoms with Gasteiger partial charge in [-0.1, -0.05) is 93.6 Å². The molecule has 0 amide bonds. The fraction of sp³-hybridized carbons (Fsp3) is 0.471. The average molecular weight is 511 g/mol. The first-order valence-corrected chi connectivity index (χ1v) is 16.2. The monoisotopic (exact) mass is 510 g/mol. The van der Waals surface area contributed by atoms with Crippen molar-refractivity contribution in [1.29, 1.82) is 0 Å². The highest BCUT2D eigenvalue weighted by Crippen LogP contribution is 2.61. The molecule has 0 spiro atoms. The van der Waals surface area contributed by atoms with Crippen LogP contribution in [-0.2, 0) is 10.2 Å². The minimum absolute atomic E-state index is 0.0728. The molecule has 0 radical (unpaired) electrons. The Kier molecular flexibility index (Phi) is 6.36. The van der Waals surface area contributed by atoms with Gasteiger partial charge in [-0.25, -0.2) is 0 Å². The Hall–Kier alpha value is -2.36. The lowest BCUT2D eigenvalue weighted by Gasteiger charge is -2.59. The highest BCUT2D eigenvalue weighted by atomic mass is 28.3. The van der Waals surface area contributed by atoms with Crippen molar-refractivity contribution >= 4 is 23.6 Å². The van der Waals surface area contributed by atoms with Gasteiger partial charge in [-0.15, -0.1) is 5.04 Å². The van der Waals surface area contributed by atoms with E-state index < -0.39 is 8.07 Å². The SMILES string of the molecule is COCOc1ccc([Si-](c2ccccc2)(c2ccccc2)C(C)(C)C)cc1C12CC3CC(CC(C3)C1)C2. The normalized spacial score (nSPS) is 26.9. The molecule has 4 aliphatic rings. The molecule has 4 saturated carbocycles. The van der Waals surface area contributed by atoms with Crippen LogP contribution in [0.1, 0.15) is 64.9 Å². The molecule has 7 rings (SSSR count). The van der Waals surface area contributed by atoms with Crippen LogP contribution in [0.5, 0.6) is 5.75 Å². The summed E-state index contributed by atoms with van der Waals surface area (Å²) in [5.41, 5.74) is 1.72. The van der Waals surface area contributed by atoms with Crippen LogP contribution >= 0.6 is 0 Å². The second kappa shape index (κ2) is 9.43. The topological polar surface area (TPSA) is 18.5 Å². The van der Waals surface area contributed by atoms with Crippen LogP contribution < -0.4 is 20.3 Å². The second-order valence-electron chi connectivity index (χ2n) is 13.2. The molecule has 0 saturated heterocycles. The van der Waals surface area contributed by atoms with Crippen LogP contribution in [-0.4, -0.2) is 22.0 Å². The quantitative estimate of drug-likeness (QED) is 0.208. The zero-order valence-electron chi connectivity index (χ0n) is 23.0. The summed E-state index contributed by atoms with van der Waals surface area (Å²) in [4.78, 5) is 0. The molecule has 0 unspecified atom stereocenters. The van der Waals surface area contributed by atoms with Gasteiger partial charge < -0.3 is 9.47 Å². The van der Waals surface area contributed by atoms with E-state index in [-0.39, 0.29) is 10.5 Å². The summed E-state index contributed by atoms with van der Waals surface area (Å²) in [5, 5.41) is 4.54. The Balaban J connectivity index is 1.60. The smallest absolute Gasteiger partial charge is 0.188 e. The first-order chi connectivity index (χ1) is 17.9. The molecule has 0 heterocycles. The fourth-order valence-corrected chi connectivity index (χ4v) is 14.7. The maximum absolute atomic E-state index is 6.33. The summed E-state index contributed by atoms with van der Waals surface area (Å²) >= 11 is 0. The molecule has 0 aliphatic heterocycles. The second-order valence-corrected chi connectivity index (χ2v) is 17.9. The number of rotatable bonds is 7. The summed E-state index contributed by atoms with van der Waals surface area (Å²) in [6.45, 7) is 7.68. The molecule has 4 aliphatic carbocycles. The molecular formula is C34H42O2Si-. The van der Waals surface area contributed by atoms with Crippen molar-refractivity contribution in [1.82, 2.24) is 0 Å². The molecule has 37 heavy (non-hydrogen) atoms. The van der Waals surface area contributed by atoms with Crippen molar-refractivity contribution in [2.24, 2.45) is 17.8 Å². The highest BCUT2D eigenvalue weighted by Gasteiger charge is 2.52. The van der Waals surface area contributed by atoms with Gasteiger partial charge in [0.15, 0.2) is 6.79 Å². The molecule has 0 N–H and O–H groups in total. The van der Waals surface area contributed by atoms with E-state index in [1.165, 1.54) is 59.6 Å². The maximum Gasteiger partial charge on any atom is 0.188 e. The van der Waals surface area contributed by atoms with E-state index in [2.05, 4.69) is 99.6 Å². The Morgan fingerprint density at radius 1 is 0.730 bits per heavy atom. The van der Waals surface area contributed by atoms with E-state index in [1.807, 2.05) is 0 Å². The van der Waals surface area contributed by atoms with Crippen molar-refractivity contribution in [3.63, 3.8) is 0 Å². The van der Waals surface area contributed by atoms with Gasteiger partial charge in [0.05, 0.1) is 0 Å². The minimum atomic E-state index is -2.41. The maximum atomic E-state index is 6.33. The molecule has 195 valence electrons. The lowest BCUT2D eigenvalue weighted by molar-refractivity contribution is -0.00878. The number of hydrogen-bond acceptors (Lipinski definition) is 2. The Bertz CT molecular complexity index is 1150. The van der Waals surface area contributed by atoms with Crippen molar-refractivity contribution < 1.29 is 9.47 Å². The number of methoxy groups -OCH3 is 1. The number of ether oxygens (including phenoxy) is 2. The molecule has 4 bridgehead atoms. The van der Waals surface area contributed by atoms with Gasteiger partial charge >= 0.3 is 0 Å². The lowest BCUT2D eigenvalue weighted by Crippen LogP contribution is -2.72. The Labute approximate surface area is 224 Å². The first-order valence-electron chi connectivity index (χ1n) is 14.2. The molecule has 0 aromatic heterocycles. The Morgan fingerprint density at radius 2 is 1.24 bits per heavy atom. The molecule has 3 aromatic carbocycles. The predicted octanol–water partition coefficient (Wildman–Crippen LogP) is 6.41. The summed E-state index contributed by atoms with van der Waals surface area (Å²) in [5.74, 6) is 3.71. The van der Waals surface area contributed by atoms with Gasteiger partial charge in [0.25, 0.3) is 0 Å². The van der Waals surface area contributed by atoms with Crippen LogP contribution in [0, 0.1) is 17.8 Å². The van der Waals surface area contributed by atoms with E-state index >= 15 is 0 Å². The third kappa shape index (κ3) is 4.10. The highest BCUT2D eigenvalue weighted by molar-refractivity contribution is 7.13. The molecule has 4 fully saturated rings. The zero-order chi connectivity index (χ0) is 25.7. The van der Waals surface area contributed by atoms with Gasteiger partial charge in [0.1, 0.15) is 5.75 Å². The molecule has 2 nitrogen and oxygen atoms in total. The molecule has 0 atom stereocenters. The van der Waals surface area contributed by atoms with E-state index in [9.17, 15) is 0 Å². The van der Waals surface area contributed by atoms with Crippen LogP contribution in [0.25, 0.3) is 0 Å². The van der Waals surface area contributed by atoms with Gasteiger partial charge in [-0.3, -0.25) is 0 Å². The standard InChI is InChI=1S/C34H42O2Si/c1-33(2,3)37(28-11-7-5-8-12-28,29-13-9-6-10-14-29)30-15-16-32(36-24-35-4)31(20-30)34-21-25-17-26(22-34)19-27(18-25)23-34/h5-16,20,25-27H,17-19,21-24H2,1-4H3/q-1. The summed E-state index contributed by atoms with van der Waals surface area (Å²) in [6, 6.07) is 30.0. The third-order valence-electron chi connectivity index (χ3n) is 9.89. The van der Waals surface area contributed by atoms with E-state index in [1.54, 1.807) is 7.11 Å². The van der Waals surface area contributed by atoms with E-state index in [4.69, 9.17) is 9.47 Å². The lowest BCUT2D eigenvalue weighted by atomic mass is 9.48. The zero-order valence-corrected chi connectivity index (χ0v) is 24.0. The molecule has 3 aromatic rings. The van der Waals surface area contributed by atoms with Crippen molar-refractivity contribution in [2.45, 2.75) is 69.7 Å². The Morgan fingerprint density at radius 3 is 1.70 bits per heavy atom. The average Bonchev–Trinajstić information content (AvgIpc) is 2.88. The van der Waals surface area contributed by atoms with Gasteiger partial charge in [0, 0.05) is 7.11 Å². The summed E-state index contributed by atoms with van der Waals surface area (Å²) in [6.07, 6.45) is 8.32. The molecule has 3 heteroatoms. The predicted molar refractivity (Wildman–Crippen MR) is 156 cm³/mol. The summed E-state index contributed by atoms with van der Waals surface area (Å²) in [7, 11) is -0.688. The van der Waals surface area contributed by atoms with Gasteiger partial charge in [-0.05, 0) is 81.4 Å². The number of benzene rings is 3. The third-order valence-corrected chi connectivity index (χ3v) is 15.7. The molecular weight excluding hydrogens is 468 g/mol. The van der Waals surface area contributed by atoms with E-state index in [0.29, 0.717) is 6.79 Å². The van der Waals surface area contributed by atoms with Crippen LogP contribution in [0.4, 0.5) is 0 Å². The van der Waals surface area contributed by atoms with Crippen LogP contribution in [0.15, 0.2) is 78.9 Å². The summed E-state index contributed by atoms with van der Waals surface area (Å²) < 4.78 is 11.7. The van der Waals surface area contributed by atoms with Crippen LogP contribution in [0.2, 0.25) is 5.04 Å². The van der Waals surface area contributed by atoms with Crippen molar-refractivity contribution in [2.75, 3.05) is 13.9 Å². The van der Waals surface area contributed by atoms with E-state index in [0.717, 1.165) is 23.5 Å². The van der Waals surface area contributed by atoms with Crippen molar-refractivity contribution in [3.8, 4) is 5.75 Å². The largest absolute Gasteiger partial charge is 0.467 e. The fourth-order valence-electron chi connectivity index (χ4n) is 9.04. The van der Waals surface area contributed by atoms with Crippen LogP contribution in [0.3, 0.4) is 0 Å².